The second-order valence-electron chi connectivity index (χ2n) is 7.66. The number of ether oxygens (including phenoxy) is 1. The van der Waals surface area contributed by atoms with Gasteiger partial charge in [0.05, 0.1) is 29.6 Å². The summed E-state index contributed by atoms with van der Waals surface area (Å²) in [7, 11) is 0. The van der Waals surface area contributed by atoms with E-state index >= 15 is 0 Å². The van der Waals surface area contributed by atoms with Crippen molar-refractivity contribution in [3.63, 3.8) is 0 Å². The van der Waals surface area contributed by atoms with E-state index in [0.717, 1.165) is 41.5 Å². The maximum absolute atomic E-state index is 13.3. The Morgan fingerprint density at radius 3 is 2.54 bits per heavy atom. The first kappa shape index (κ1) is 18.2. The number of aliphatic hydroxyl groups excluding tert-OH is 1. The van der Waals surface area contributed by atoms with E-state index in [1.165, 1.54) is 0 Å². The minimum absolute atomic E-state index is 0.00174. The van der Waals surface area contributed by atoms with Gasteiger partial charge >= 0.3 is 0 Å². The van der Waals surface area contributed by atoms with Crippen molar-refractivity contribution in [2.45, 2.75) is 38.4 Å². The number of rotatable bonds is 3. The highest BCUT2D eigenvalue weighted by Crippen LogP contribution is 2.54. The minimum atomic E-state index is -0.247. The number of aliphatic hydroxyl groups is 1. The number of nitrogens with zero attached hydrogens (tertiary/aromatic N) is 1. The van der Waals surface area contributed by atoms with Crippen LogP contribution in [0, 0.1) is 11.8 Å². The number of hydrogen-bond donors (Lipinski definition) is 1. The quantitative estimate of drug-likeness (QED) is 0.694. The van der Waals surface area contributed by atoms with Crippen LogP contribution in [0.3, 0.4) is 0 Å². The Hall–Kier alpha value is -1.88. The van der Waals surface area contributed by atoms with E-state index in [0.29, 0.717) is 15.9 Å². The lowest BCUT2D eigenvalue weighted by atomic mass is 9.80. The van der Waals surface area contributed by atoms with E-state index in [4.69, 9.17) is 27.9 Å². The van der Waals surface area contributed by atoms with Crippen LogP contribution in [0.5, 0.6) is 0 Å². The predicted molar refractivity (Wildman–Crippen MR) is 109 cm³/mol. The van der Waals surface area contributed by atoms with Gasteiger partial charge in [-0.2, -0.15) is 0 Å². The van der Waals surface area contributed by atoms with E-state index < -0.39 is 0 Å². The molecule has 4 nitrogen and oxygen atoms in total. The summed E-state index contributed by atoms with van der Waals surface area (Å²) in [4.78, 5) is 17.4. The Morgan fingerprint density at radius 2 is 1.86 bits per heavy atom. The van der Waals surface area contributed by atoms with Crippen molar-refractivity contribution in [1.82, 2.24) is 4.98 Å². The Balaban J connectivity index is 1.64. The molecular formula is C22H19Cl2NO3. The van der Waals surface area contributed by atoms with Crippen LogP contribution in [0.4, 0.5) is 0 Å². The maximum Gasteiger partial charge on any atom is 0.173 e. The van der Waals surface area contributed by atoms with Crippen LogP contribution < -0.4 is 0 Å². The summed E-state index contributed by atoms with van der Waals surface area (Å²) >= 11 is 12.2. The summed E-state index contributed by atoms with van der Waals surface area (Å²) in [6, 6.07) is 9.39. The average molecular weight is 416 g/mol. The molecule has 2 unspecified atom stereocenters. The Bertz CT molecular complexity index is 1030. The molecule has 0 spiro atoms. The van der Waals surface area contributed by atoms with E-state index in [-0.39, 0.29) is 35.6 Å². The molecule has 1 N–H and O–H groups in total. The summed E-state index contributed by atoms with van der Waals surface area (Å²) < 4.78 is 5.89. The van der Waals surface area contributed by atoms with Crippen LogP contribution in [-0.4, -0.2) is 28.1 Å². The van der Waals surface area contributed by atoms with E-state index in [1.807, 2.05) is 31.2 Å². The van der Waals surface area contributed by atoms with Crippen molar-refractivity contribution in [2.75, 3.05) is 0 Å². The van der Waals surface area contributed by atoms with Crippen molar-refractivity contribution >= 4 is 34.6 Å². The second kappa shape index (κ2) is 6.58. The SMILES string of the molecule is CCc1ccc(-c2ccc(Cl)nc2Cl)cc1C1=C(O)[C@@H]2C3CCC(O3)[C@@H]2C1=O. The van der Waals surface area contributed by atoms with Crippen LogP contribution in [0.2, 0.25) is 10.3 Å². The lowest BCUT2D eigenvalue weighted by Crippen LogP contribution is -2.29. The largest absolute Gasteiger partial charge is 0.511 e. The highest BCUT2D eigenvalue weighted by atomic mass is 35.5. The zero-order chi connectivity index (χ0) is 19.6. The predicted octanol–water partition coefficient (Wildman–Crippen LogP) is 5.26. The van der Waals surface area contributed by atoms with Crippen molar-refractivity contribution in [3.8, 4) is 11.1 Å². The third kappa shape index (κ3) is 2.55. The van der Waals surface area contributed by atoms with E-state index in [1.54, 1.807) is 6.07 Å². The molecule has 1 aromatic heterocycles. The van der Waals surface area contributed by atoms with Gasteiger partial charge in [0, 0.05) is 5.56 Å². The summed E-state index contributed by atoms with van der Waals surface area (Å²) in [6.07, 6.45) is 2.45. The number of carbonyl (C=O) groups excluding carboxylic acids is 1. The van der Waals surface area contributed by atoms with Gasteiger partial charge in [-0.15, -0.1) is 0 Å². The van der Waals surface area contributed by atoms with Gasteiger partial charge in [0.2, 0.25) is 0 Å². The number of carbonyl (C=O) groups is 1. The molecule has 5 rings (SSSR count). The highest BCUT2D eigenvalue weighted by molar-refractivity contribution is 6.34. The first-order valence-corrected chi connectivity index (χ1v) is 10.3. The van der Waals surface area contributed by atoms with Gasteiger partial charge in [0.25, 0.3) is 0 Å². The molecule has 3 heterocycles. The molecule has 2 saturated heterocycles. The summed E-state index contributed by atoms with van der Waals surface area (Å²) in [5.41, 5.74) is 3.83. The number of aryl methyl sites for hydroxylation is 1. The lowest BCUT2D eigenvalue weighted by molar-refractivity contribution is -0.118. The number of hydrogen-bond acceptors (Lipinski definition) is 4. The monoisotopic (exact) mass is 415 g/mol. The van der Waals surface area contributed by atoms with Gasteiger partial charge < -0.3 is 9.84 Å². The number of ketones is 1. The number of allylic oxidation sites excluding steroid dienone is 1. The summed E-state index contributed by atoms with van der Waals surface area (Å²) in [6.45, 7) is 2.04. The number of benzene rings is 1. The van der Waals surface area contributed by atoms with Crippen LogP contribution in [0.25, 0.3) is 16.7 Å². The molecule has 1 aliphatic carbocycles. The molecule has 28 heavy (non-hydrogen) atoms. The number of halogens is 2. The molecule has 2 bridgehead atoms. The molecule has 0 saturated carbocycles. The molecule has 2 aliphatic heterocycles. The normalized spacial score (nSPS) is 28.3. The fourth-order valence-corrected chi connectivity index (χ4v) is 5.45. The van der Waals surface area contributed by atoms with Crippen LogP contribution in [0.1, 0.15) is 30.9 Å². The number of pyridine rings is 1. The van der Waals surface area contributed by atoms with Gasteiger partial charge in [-0.3, -0.25) is 4.79 Å². The Morgan fingerprint density at radius 1 is 1.11 bits per heavy atom. The number of fused-ring (bicyclic) bond motifs is 5. The number of Topliss-reactive ketones (excluding diaryl/α,β-unsaturated/α-hetero) is 1. The van der Waals surface area contributed by atoms with Gasteiger partial charge in [-0.05, 0) is 54.2 Å². The lowest BCUT2D eigenvalue weighted by Gasteiger charge is -2.19. The summed E-state index contributed by atoms with van der Waals surface area (Å²) in [5.74, 6) is -0.255. The Kier molecular flexibility index (Phi) is 4.27. The third-order valence-corrected chi connectivity index (χ3v) is 6.78. The first-order chi connectivity index (χ1) is 13.5. The molecule has 6 heteroatoms. The smallest absolute Gasteiger partial charge is 0.173 e. The van der Waals surface area contributed by atoms with E-state index in [9.17, 15) is 9.90 Å². The van der Waals surface area contributed by atoms with Gasteiger partial charge in [-0.1, -0.05) is 42.3 Å². The maximum atomic E-state index is 13.3. The molecule has 0 radical (unpaired) electrons. The zero-order valence-electron chi connectivity index (χ0n) is 15.3. The third-order valence-electron chi connectivity index (χ3n) is 6.28. The molecule has 4 atom stereocenters. The average Bonchev–Trinajstić information content (AvgIpc) is 3.35. The van der Waals surface area contributed by atoms with Gasteiger partial charge in [0.1, 0.15) is 16.1 Å². The van der Waals surface area contributed by atoms with Crippen LogP contribution >= 0.6 is 23.2 Å². The van der Waals surface area contributed by atoms with Crippen molar-refractivity contribution in [1.29, 1.82) is 0 Å². The molecule has 144 valence electrons. The van der Waals surface area contributed by atoms with Crippen LogP contribution in [0.15, 0.2) is 36.1 Å². The number of aromatic nitrogens is 1. The van der Waals surface area contributed by atoms with Gasteiger partial charge in [-0.25, -0.2) is 4.98 Å². The topological polar surface area (TPSA) is 59.4 Å². The summed E-state index contributed by atoms with van der Waals surface area (Å²) in [5, 5.41) is 11.6. The standard InChI is InChI=1S/C22H19Cl2NO3/c1-2-10-3-4-11(12-5-8-16(23)25-22(12)24)9-13(10)17-20(26)18-14-6-7-15(28-14)19(18)21(17)27/h3-5,8-9,14-15,18-19,26H,2,6-7H2,1H3/t14?,15?,18-,19+/m1/s1. The van der Waals surface area contributed by atoms with Crippen molar-refractivity contribution < 1.29 is 14.6 Å². The van der Waals surface area contributed by atoms with Crippen LogP contribution in [-0.2, 0) is 16.0 Å². The second-order valence-corrected chi connectivity index (χ2v) is 8.41. The molecule has 1 aromatic carbocycles. The minimum Gasteiger partial charge on any atom is -0.511 e. The van der Waals surface area contributed by atoms with Gasteiger partial charge in [0.15, 0.2) is 5.78 Å². The molecule has 0 amide bonds. The fourth-order valence-electron chi connectivity index (χ4n) is 5.00. The van der Waals surface area contributed by atoms with Crippen molar-refractivity contribution in [2.24, 2.45) is 11.8 Å². The molecular weight excluding hydrogens is 397 g/mol. The Labute approximate surface area is 173 Å². The zero-order valence-corrected chi connectivity index (χ0v) is 16.8. The first-order valence-electron chi connectivity index (χ1n) is 9.58. The highest BCUT2D eigenvalue weighted by Gasteiger charge is 2.59. The molecule has 2 aromatic rings. The molecule has 2 fully saturated rings. The molecule has 3 aliphatic rings. The fraction of sp³-hybridized carbons (Fsp3) is 0.364. The van der Waals surface area contributed by atoms with E-state index in [2.05, 4.69) is 4.98 Å². The van der Waals surface area contributed by atoms with Crippen molar-refractivity contribution in [3.05, 3.63) is 57.5 Å².